The molecule has 3 rings (SSSR count). The number of benzene rings is 2. The summed E-state index contributed by atoms with van der Waals surface area (Å²) in [4.78, 5) is 0. The number of hydrogen-bond acceptors (Lipinski definition) is 1. The van der Waals surface area contributed by atoms with Crippen LogP contribution in [0.2, 0.25) is 10.0 Å². The van der Waals surface area contributed by atoms with Crippen molar-refractivity contribution < 1.29 is 0 Å². The molecule has 104 valence electrons. The Morgan fingerprint density at radius 2 is 1.90 bits per heavy atom. The van der Waals surface area contributed by atoms with Crippen LogP contribution in [0.5, 0.6) is 0 Å². The highest BCUT2D eigenvalue weighted by Crippen LogP contribution is 2.36. The van der Waals surface area contributed by atoms with Crippen LogP contribution in [0.15, 0.2) is 42.5 Å². The van der Waals surface area contributed by atoms with Gasteiger partial charge in [0, 0.05) is 6.04 Å². The first kappa shape index (κ1) is 13.9. The van der Waals surface area contributed by atoms with E-state index in [9.17, 15) is 0 Å². The standard InChI is InChI=1S/C17H17Cl2N/c18-15-7-3-5-12(17(15)19)10-16(20)14-9-8-11-4-1-2-6-13(11)14/h1-7,14,16H,8-10,20H2. The fourth-order valence-electron chi connectivity index (χ4n) is 3.14. The van der Waals surface area contributed by atoms with E-state index in [-0.39, 0.29) is 6.04 Å². The van der Waals surface area contributed by atoms with Crippen LogP contribution >= 0.6 is 23.2 Å². The quantitative estimate of drug-likeness (QED) is 0.881. The molecular formula is C17H17Cl2N. The Kier molecular flexibility index (Phi) is 4.02. The van der Waals surface area contributed by atoms with E-state index < -0.39 is 0 Å². The topological polar surface area (TPSA) is 26.0 Å². The summed E-state index contributed by atoms with van der Waals surface area (Å²) >= 11 is 12.3. The summed E-state index contributed by atoms with van der Waals surface area (Å²) in [7, 11) is 0. The molecule has 0 aliphatic heterocycles. The van der Waals surface area contributed by atoms with E-state index in [2.05, 4.69) is 24.3 Å². The summed E-state index contributed by atoms with van der Waals surface area (Å²) < 4.78 is 0. The van der Waals surface area contributed by atoms with Crippen molar-refractivity contribution in [2.45, 2.75) is 31.2 Å². The van der Waals surface area contributed by atoms with E-state index in [1.165, 1.54) is 11.1 Å². The average Bonchev–Trinajstić information content (AvgIpc) is 2.88. The van der Waals surface area contributed by atoms with Gasteiger partial charge in [-0.1, -0.05) is 59.6 Å². The third kappa shape index (κ3) is 2.58. The molecule has 0 heterocycles. The van der Waals surface area contributed by atoms with E-state index in [0.717, 1.165) is 24.8 Å². The lowest BCUT2D eigenvalue weighted by Gasteiger charge is -2.21. The third-order valence-corrected chi connectivity index (χ3v) is 5.04. The third-order valence-electron chi connectivity index (χ3n) is 4.18. The Bertz CT molecular complexity index is 624. The summed E-state index contributed by atoms with van der Waals surface area (Å²) in [6, 6.07) is 14.4. The van der Waals surface area contributed by atoms with Crippen molar-refractivity contribution >= 4 is 23.2 Å². The van der Waals surface area contributed by atoms with Crippen LogP contribution in [0.1, 0.15) is 29.0 Å². The van der Waals surface area contributed by atoms with Gasteiger partial charge in [0.2, 0.25) is 0 Å². The van der Waals surface area contributed by atoms with Crippen LogP contribution in [0.4, 0.5) is 0 Å². The normalized spacial score (nSPS) is 18.9. The van der Waals surface area contributed by atoms with E-state index in [1.54, 1.807) is 0 Å². The molecule has 20 heavy (non-hydrogen) atoms. The SMILES string of the molecule is NC(Cc1cccc(Cl)c1Cl)C1CCc2ccccc21. The van der Waals surface area contributed by atoms with Gasteiger partial charge in [-0.05, 0) is 47.9 Å². The van der Waals surface area contributed by atoms with Gasteiger partial charge in [0.25, 0.3) is 0 Å². The molecule has 1 nitrogen and oxygen atoms in total. The molecule has 0 bridgehead atoms. The van der Waals surface area contributed by atoms with Crippen molar-refractivity contribution in [3.63, 3.8) is 0 Å². The number of rotatable bonds is 3. The minimum atomic E-state index is 0.0783. The van der Waals surface area contributed by atoms with Crippen molar-refractivity contribution in [3.8, 4) is 0 Å². The molecule has 0 saturated carbocycles. The first-order chi connectivity index (χ1) is 9.66. The fraction of sp³-hybridized carbons (Fsp3) is 0.294. The highest BCUT2D eigenvalue weighted by molar-refractivity contribution is 6.42. The van der Waals surface area contributed by atoms with Gasteiger partial charge in [-0.25, -0.2) is 0 Å². The zero-order valence-electron chi connectivity index (χ0n) is 11.2. The van der Waals surface area contributed by atoms with Crippen LogP contribution in [0.3, 0.4) is 0 Å². The summed E-state index contributed by atoms with van der Waals surface area (Å²) in [5.41, 5.74) is 10.3. The zero-order valence-corrected chi connectivity index (χ0v) is 12.7. The van der Waals surface area contributed by atoms with Crippen LogP contribution in [-0.2, 0) is 12.8 Å². The highest BCUT2D eigenvalue weighted by Gasteiger charge is 2.27. The monoisotopic (exact) mass is 305 g/mol. The van der Waals surface area contributed by atoms with Gasteiger partial charge in [-0.3, -0.25) is 0 Å². The van der Waals surface area contributed by atoms with Crippen LogP contribution < -0.4 is 5.73 Å². The lowest BCUT2D eigenvalue weighted by molar-refractivity contribution is 0.525. The molecule has 0 aromatic heterocycles. The summed E-state index contributed by atoms with van der Waals surface area (Å²) in [5, 5.41) is 1.24. The molecule has 2 aromatic carbocycles. The van der Waals surface area contributed by atoms with E-state index in [4.69, 9.17) is 28.9 Å². The Morgan fingerprint density at radius 3 is 2.75 bits per heavy atom. The predicted molar refractivity (Wildman–Crippen MR) is 85.6 cm³/mol. The summed E-state index contributed by atoms with van der Waals surface area (Å²) in [6.07, 6.45) is 3.01. The molecule has 2 N–H and O–H groups in total. The molecule has 0 radical (unpaired) electrons. The smallest absolute Gasteiger partial charge is 0.0624 e. The molecule has 0 saturated heterocycles. The minimum Gasteiger partial charge on any atom is -0.327 e. The first-order valence-electron chi connectivity index (χ1n) is 6.93. The molecular weight excluding hydrogens is 289 g/mol. The van der Waals surface area contributed by atoms with Crippen molar-refractivity contribution in [2.75, 3.05) is 0 Å². The fourth-order valence-corrected chi connectivity index (χ4v) is 3.53. The molecule has 1 aliphatic carbocycles. The van der Waals surface area contributed by atoms with Gasteiger partial charge in [0.05, 0.1) is 10.0 Å². The maximum atomic E-state index is 6.44. The van der Waals surface area contributed by atoms with Gasteiger partial charge < -0.3 is 5.73 Å². The molecule has 0 amide bonds. The van der Waals surface area contributed by atoms with Crippen molar-refractivity contribution in [2.24, 2.45) is 5.73 Å². The Labute approximate surface area is 129 Å². The highest BCUT2D eigenvalue weighted by atomic mass is 35.5. The second-order valence-corrected chi connectivity index (χ2v) is 6.21. The first-order valence-corrected chi connectivity index (χ1v) is 7.68. The van der Waals surface area contributed by atoms with Crippen LogP contribution in [0.25, 0.3) is 0 Å². The number of aryl methyl sites for hydroxylation is 1. The molecule has 0 spiro atoms. The van der Waals surface area contributed by atoms with Gasteiger partial charge in [0.15, 0.2) is 0 Å². The zero-order chi connectivity index (χ0) is 14.1. The second-order valence-electron chi connectivity index (χ2n) is 5.42. The number of nitrogens with two attached hydrogens (primary N) is 1. The Morgan fingerprint density at radius 1 is 1.10 bits per heavy atom. The molecule has 0 fully saturated rings. The minimum absolute atomic E-state index is 0.0783. The number of hydrogen-bond donors (Lipinski definition) is 1. The van der Waals surface area contributed by atoms with Crippen molar-refractivity contribution in [1.82, 2.24) is 0 Å². The van der Waals surface area contributed by atoms with Crippen LogP contribution in [0, 0.1) is 0 Å². The maximum absolute atomic E-state index is 6.44. The molecule has 2 atom stereocenters. The van der Waals surface area contributed by atoms with Crippen LogP contribution in [-0.4, -0.2) is 6.04 Å². The largest absolute Gasteiger partial charge is 0.327 e. The summed E-state index contributed by atoms with van der Waals surface area (Å²) in [6.45, 7) is 0. The summed E-state index contributed by atoms with van der Waals surface area (Å²) in [5.74, 6) is 0.418. The Balaban J connectivity index is 1.81. The number of halogens is 2. The van der Waals surface area contributed by atoms with Crippen molar-refractivity contribution in [3.05, 3.63) is 69.2 Å². The van der Waals surface area contributed by atoms with E-state index in [0.29, 0.717) is 16.0 Å². The lowest BCUT2D eigenvalue weighted by Crippen LogP contribution is -2.29. The second kappa shape index (κ2) is 5.77. The van der Waals surface area contributed by atoms with Gasteiger partial charge in [-0.2, -0.15) is 0 Å². The Hall–Kier alpha value is -1.02. The van der Waals surface area contributed by atoms with Gasteiger partial charge >= 0.3 is 0 Å². The molecule has 2 aromatic rings. The molecule has 2 unspecified atom stereocenters. The predicted octanol–water partition coefficient (Wildman–Crippen LogP) is 4.59. The average molecular weight is 306 g/mol. The maximum Gasteiger partial charge on any atom is 0.0624 e. The molecule has 3 heteroatoms. The van der Waals surface area contributed by atoms with Gasteiger partial charge in [-0.15, -0.1) is 0 Å². The molecule has 1 aliphatic rings. The number of fused-ring (bicyclic) bond motifs is 1. The van der Waals surface area contributed by atoms with E-state index >= 15 is 0 Å². The lowest BCUT2D eigenvalue weighted by atomic mass is 9.89. The van der Waals surface area contributed by atoms with Gasteiger partial charge in [0.1, 0.15) is 0 Å². The van der Waals surface area contributed by atoms with Crippen molar-refractivity contribution in [1.29, 1.82) is 0 Å². The van der Waals surface area contributed by atoms with E-state index in [1.807, 2.05) is 18.2 Å².